The lowest BCUT2D eigenvalue weighted by molar-refractivity contribution is 0.520. The first-order chi connectivity index (χ1) is 19.9. The molecule has 0 N–H and O–H groups in total. The largest absolute Gasteiger partial charge is 0.424 e. The number of hydrogen-bond acceptors (Lipinski definition) is 1. The van der Waals surface area contributed by atoms with Crippen molar-refractivity contribution in [1.82, 2.24) is 13.7 Å². The van der Waals surface area contributed by atoms with Gasteiger partial charge in [-0.1, -0.05) is 84.9 Å². The second-order valence-electron chi connectivity index (χ2n) is 10.5. The third kappa shape index (κ3) is 2.85. The zero-order valence-corrected chi connectivity index (χ0v) is 21.8. The molecule has 0 spiro atoms. The number of para-hydroxylation sites is 4. The zero-order valence-electron chi connectivity index (χ0n) is 21.8. The first-order valence-electron chi connectivity index (χ1n) is 13.9. The maximum atomic E-state index is 6.84. The van der Waals surface area contributed by atoms with Gasteiger partial charge in [-0.2, -0.15) is 0 Å². The number of nitrogens with zero attached hydrogens (tertiary/aromatic N) is 3. The van der Waals surface area contributed by atoms with Crippen molar-refractivity contribution in [3.05, 3.63) is 133 Å². The molecule has 4 aromatic heterocycles. The van der Waals surface area contributed by atoms with Crippen LogP contribution in [0.4, 0.5) is 0 Å². The average molecular weight is 516 g/mol. The molecule has 0 saturated heterocycles. The highest BCUT2D eigenvalue weighted by atomic mass is 16.4. The summed E-state index contributed by atoms with van der Waals surface area (Å²) in [5, 5.41) is 4.96. The Kier molecular flexibility index (Phi) is 4.41. The number of rotatable bonds is 3. The molecule has 0 fully saturated rings. The highest BCUT2D eigenvalue weighted by Crippen LogP contribution is 2.41. The number of hydrogen-bond donors (Lipinski definition) is 0. The van der Waals surface area contributed by atoms with Crippen molar-refractivity contribution < 1.29 is 4.42 Å². The number of furan rings is 1. The SMILES string of the molecule is C1=Cc2c(n(-c3ccc(-n4c5ccccc5c5c6ccccc6n(-c6ccccc6)c54)o3)c3ccccc23)CC1. The number of fused-ring (bicyclic) bond motifs is 8. The minimum Gasteiger partial charge on any atom is -0.424 e. The molecular weight excluding hydrogens is 490 g/mol. The normalized spacial score (nSPS) is 13.2. The molecule has 0 atom stereocenters. The van der Waals surface area contributed by atoms with Crippen LogP contribution in [0.2, 0.25) is 0 Å². The molecular formula is C36H25N3O. The van der Waals surface area contributed by atoms with Crippen molar-refractivity contribution in [2.45, 2.75) is 12.8 Å². The van der Waals surface area contributed by atoms with E-state index < -0.39 is 0 Å². The van der Waals surface area contributed by atoms with Crippen molar-refractivity contribution in [3.63, 3.8) is 0 Å². The Morgan fingerprint density at radius 3 is 1.82 bits per heavy atom. The summed E-state index contributed by atoms with van der Waals surface area (Å²) < 4.78 is 13.8. The fraction of sp³-hybridized carbons (Fsp3) is 0.0556. The zero-order chi connectivity index (χ0) is 26.2. The average Bonchev–Trinajstić information content (AvgIpc) is 3.77. The van der Waals surface area contributed by atoms with Gasteiger partial charge >= 0.3 is 0 Å². The smallest absolute Gasteiger partial charge is 0.208 e. The van der Waals surface area contributed by atoms with E-state index in [9.17, 15) is 0 Å². The highest BCUT2D eigenvalue weighted by Gasteiger charge is 2.24. The van der Waals surface area contributed by atoms with Crippen molar-refractivity contribution in [3.8, 4) is 17.5 Å². The van der Waals surface area contributed by atoms with Gasteiger partial charge in [0.25, 0.3) is 0 Å². The van der Waals surface area contributed by atoms with Crippen LogP contribution < -0.4 is 0 Å². The van der Waals surface area contributed by atoms with Crippen LogP contribution >= 0.6 is 0 Å². The highest BCUT2D eigenvalue weighted by molar-refractivity contribution is 6.22. The predicted octanol–water partition coefficient (Wildman–Crippen LogP) is 9.22. The molecule has 0 amide bonds. The van der Waals surface area contributed by atoms with Crippen molar-refractivity contribution in [1.29, 1.82) is 0 Å². The Hall–Kier alpha value is -5.22. The summed E-state index contributed by atoms with van der Waals surface area (Å²) in [7, 11) is 0. The van der Waals surface area contributed by atoms with Crippen molar-refractivity contribution in [2.24, 2.45) is 0 Å². The minimum atomic E-state index is 0.805. The molecule has 4 aromatic carbocycles. The Bertz CT molecular complexity index is 2270. The molecule has 0 saturated carbocycles. The summed E-state index contributed by atoms with van der Waals surface area (Å²) in [6.45, 7) is 0. The Labute approximate surface area is 230 Å². The Morgan fingerprint density at radius 1 is 0.525 bits per heavy atom. The van der Waals surface area contributed by atoms with Crippen LogP contribution in [0.15, 0.2) is 126 Å². The van der Waals surface area contributed by atoms with Crippen LogP contribution in [-0.4, -0.2) is 13.7 Å². The first kappa shape index (κ1) is 21.7. The van der Waals surface area contributed by atoms with Gasteiger partial charge in [-0.3, -0.25) is 13.7 Å². The van der Waals surface area contributed by atoms with Crippen LogP contribution in [0.5, 0.6) is 0 Å². The second-order valence-corrected chi connectivity index (χ2v) is 10.5. The Balaban J connectivity index is 1.38. The molecule has 1 aliphatic rings. The van der Waals surface area contributed by atoms with E-state index in [1.165, 1.54) is 43.8 Å². The maximum absolute atomic E-state index is 6.84. The van der Waals surface area contributed by atoms with E-state index >= 15 is 0 Å². The van der Waals surface area contributed by atoms with Gasteiger partial charge in [-0.25, -0.2) is 0 Å². The molecule has 0 radical (unpaired) electrons. The molecule has 8 aromatic rings. The molecule has 40 heavy (non-hydrogen) atoms. The Morgan fingerprint density at radius 2 is 1.10 bits per heavy atom. The van der Waals surface area contributed by atoms with E-state index in [-0.39, 0.29) is 0 Å². The monoisotopic (exact) mass is 515 g/mol. The maximum Gasteiger partial charge on any atom is 0.208 e. The molecule has 190 valence electrons. The van der Waals surface area contributed by atoms with Crippen molar-refractivity contribution in [2.75, 3.05) is 0 Å². The van der Waals surface area contributed by atoms with Gasteiger partial charge in [0.15, 0.2) is 0 Å². The lowest BCUT2D eigenvalue weighted by Gasteiger charge is -2.12. The third-order valence-electron chi connectivity index (χ3n) is 8.36. The van der Waals surface area contributed by atoms with E-state index in [2.05, 4.69) is 141 Å². The second kappa shape index (κ2) is 8.14. The van der Waals surface area contributed by atoms with E-state index in [1.54, 1.807) is 0 Å². The van der Waals surface area contributed by atoms with Gasteiger partial charge in [0.1, 0.15) is 5.65 Å². The number of aromatic nitrogens is 3. The van der Waals surface area contributed by atoms with Crippen LogP contribution in [-0.2, 0) is 6.42 Å². The first-order valence-corrected chi connectivity index (χ1v) is 13.9. The molecule has 0 aliphatic heterocycles. The van der Waals surface area contributed by atoms with Gasteiger partial charge in [-0.05, 0) is 43.2 Å². The summed E-state index contributed by atoms with van der Waals surface area (Å²) in [5.41, 5.74) is 8.34. The van der Waals surface area contributed by atoms with Crippen LogP contribution in [0, 0.1) is 0 Å². The topological polar surface area (TPSA) is 27.9 Å². The van der Waals surface area contributed by atoms with Gasteiger partial charge in [0, 0.05) is 50.6 Å². The lowest BCUT2D eigenvalue weighted by atomic mass is 10.0. The lowest BCUT2D eigenvalue weighted by Crippen LogP contribution is -2.02. The van der Waals surface area contributed by atoms with E-state index in [4.69, 9.17) is 4.42 Å². The molecule has 0 bridgehead atoms. The van der Waals surface area contributed by atoms with Gasteiger partial charge in [-0.15, -0.1) is 0 Å². The van der Waals surface area contributed by atoms with Gasteiger partial charge < -0.3 is 4.42 Å². The number of benzene rings is 4. The van der Waals surface area contributed by atoms with E-state index in [0.29, 0.717) is 0 Å². The molecule has 4 heteroatoms. The summed E-state index contributed by atoms with van der Waals surface area (Å²) >= 11 is 0. The number of allylic oxidation sites excluding steroid dienone is 1. The molecule has 0 unspecified atom stereocenters. The summed E-state index contributed by atoms with van der Waals surface area (Å²) in [6.07, 6.45) is 6.58. The van der Waals surface area contributed by atoms with Gasteiger partial charge in [0.05, 0.1) is 16.6 Å². The summed E-state index contributed by atoms with van der Waals surface area (Å²) in [6, 6.07) is 40.8. The molecule has 4 heterocycles. The quantitative estimate of drug-likeness (QED) is 0.230. The predicted molar refractivity (Wildman–Crippen MR) is 164 cm³/mol. The fourth-order valence-electron chi connectivity index (χ4n) is 6.74. The molecule has 4 nitrogen and oxygen atoms in total. The van der Waals surface area contributed by atoms with Crippen LogP contribution in [0.1, 0.15) is 17.7 Å². The summed E-state index contributed by atoms with van der Waals surface area (Å²) in [4.78, 5) is 0. The van der Waals surface area contributed by atoms with Crippen LogP contribution in [0.25, 0.3) is 67.3 Å². The fourth-order valence-corrected chi connectivity index (χ4v) is 6.74. The molecule has 1 aliphatic carbocycles. The van der Waals surface area contributed by atoms with Gasteiger partial charge in [0.2, 0.25) is 11.8 Å². The molecule has 9 rings (SSSR count). The minimum absolute atomic E-state index is 0.805. The standard InChI is InChI=1S/C36H25N3O/c1-2-12-24(13-3-1)37-31-20-10-6-16-27(31)35-28-17-7-11-21-32(28)39(36(35)37)34-23-22-33(40-34)38-29-18-8-4-14-25(29)26-15-5-9-19-30(26)38/h1-8,10-18,20-23H,9,19H2. The summed E-state index contributed by atoms with van der Waals surface area (Å²) in [5.74, 6) is 1.65. The van der Waals surface area contributed by atoms with E-state index in [1.807, 2.05) is 0 Å². The third-order valence-corrected chi connectivity index (χ3v) is 8.36. The van der Waals surface area contributed by atoms with Crippen molar-refractivity contribution >= 4 is 49.8 Å². The van der Waals surface area contributed by atoms with Crippen LogP contribution in [0.3, 0.4) is 0 Å². The van der Waals surface area contributed by atoms with E-state index in [0.717, 1.165) is 41.5 Å².